The fourth-order valence-corrected chi connectivity index (χ4v) is 3.96. The number of hydrogen-bond donors (Lipinski definition) is 1. The van der Waals surface area contributed by atoms with Crippen molar-refractivity contribution >= 4 is 51.6 Å². The first kappa shape index (κ1) is 27.9. The predicted molar refractivity (Wildman–Crippen MR) is 145 cm³/mol. The number of nitro groups is 2. The number of methoxy groups -OCH3 is 1. The predicted octanol–water partition coefficient (Wildman–Crippen LogP) is 5.85. The van der Waals surface area contributed by atoms with Crippen molar-refractivity contribution in [3.8, 4) is 29.1 Å². The van der Waals surface area contributed by atoms with Crippen LogP contribution in [0, 0.1) is 35.1 Å². The van der Waals surface area contributed by atoms with E-state index in [0.29, 0.717) is 27.2 Å². The molecule has 0 heterocycles. The van der Waals surface area contributed by atoms with Crippen LogP contribution >= 0.6 is 22.6 Å². The van der Waals surface area contributed by atoms with Crippen molar-refractivity contribution < 1.29 is 28.9 Å². The van der Waals surface area contributed by atoms with Gasteiger partial charge in [0, 0.05) is 17.8 Å². The van der Waals surface area contributed by atoms with Crippen LogP contribution in [0.2, 0.25) is 0 Å². The summed E-state index contributed by atoms with van der Waals surface area (Å²) in [5.74, 6) is -0.0461. The quantitative estimate of drug-likeness (QED) is 0.0950. The van der Waals surface area contributed by atoms with Crippen molar-refractivity contribution in [3.63, 3.8) is 0 Å². The van der Waals surface area contributed by atoms with E-state index < -0.39 is 27.1 Å². The van der Waals surface area contributed by atoms with Crippen LogP contribution in [0.4, 0.5) is 17.1 Å². The van der Waals surface area contributed by atoms with Crippen LogP contribution in [0.3, 0.4) is 0 Å². The van der Waals surface area contributed by atoms with Crippen LogP contribution in [-0.2, 0) is 4.79 Å². The van der Waals surface area contributed by atoms with Crippen molar-refractivity contribution in [1.82, 2.24) is 0 Å². The minimum absolute atomic E-state index is 0.109. The lowest BCUT2D eigenvalue weighted by molar-refractivity contribution is -0.394. The number of nitro benzene ring substituents is 2. The lowest BCUT2D eigenvalue weighted by Crippen LogP contribution is -2.13. The molecular formula is C25H19IN4O8. The molecule has 0 saturated carbocycles. The largest absolute Gasteiger partial charge is 0.494 e. The van der Waals surface area contributed by atoms with E-state index in [1.165, 1.54) is 19.3 Å². The third-order valence-electron chi connectivity index (χ3n) is 4.89. The summed E-state index contributed by atoms with van der Waals surface area (Å²) in [6.07, 6.45) is 1.35. The highest BCUT2D eigenvalue weighted by atomic mass is 127. The molecule has 1 N–H and O–H groups in total. The van der Waals surface area contributed by atoms with Gasteiger partial charge in [-0.2, -0.15) is 5.26 Å². The molecule has 0 unspecified atom stereocenters. The number of carbonyl (C=O) groups excluding carboxylic acids is 1. The van der Waals surface area contributed by atoms with Crippen LogP contribution in [0.15, 0.2) is 60.2 Å². The zero-order chi connectivity index (χ0) is 27.8. The first-order valence-corrected chi connectivity index (χ1v) is 11.9. The number of hydrogen-bond acceptors (Lipinski definition) is 9. The van der Waals surface area contributed by atoms with Crippen molar-refractivity contribution in [2.24, 2.45) is 0 Å². The van der Waals surface area contributed by atoms with Crippen molar-refractivity contribution in [3.05, 3.63) is 89.5 Å². The van der Waals surface area contributed by atoms with Gasteiger partial charge in [-0.1, -0.05) is 6.07 Å². The van der Waals surface area contributed by atoms with E-state index in [0.717, 1.165) is 18.2 Å². The Morgan fingerprint density at radius 2 is 1.87 bits per heavy atom. The molecule has 3 rings (SSSR count). The van der Waals surface area contributed by atoms with Gasteiger partial charge in [-0.15, -0.1) is 0 Å². The molecule has 3 aromatic carbocycles. The van der Waals surface area contributed by atoms with Crippen molar-refractivity contribution in [1.29, 1.82) is 5.26 Å². The van der Waals surface area contributed by atoms with E-state index in [1.807, 2.05) is 35.6 Å². The summed E-state index contributed by atoms with van der Waals surface area (Å²) in [7, 11) is 1.35. The van der Waals surface area contributed by atoms with Gasteiger partial charge in [0.2, 0.25) is 5.75 Å². The Labute approximate surface area is 229 Å². The van der Waals surface area contributed by atoms with Gasteiger partial charge in [-0.25, -0.2) is 0 Å². The number of amides is 1. The highest BCUT2D eigenvalue weighted by Gasteiger charge is 2.23. The zero-order valence-corrected chi connectivity index (χ0v) is 22.1. The fraction of sp³-hybridized carbons (Fsp3) is 0.120. The van der Waals surface area contributed by atoms with Crippen LogP contribution in [-0.4, -0.2) is 29.5 Å². The summed E-state index contributed by atoms with van der Waals surface area (Å²) in [4.78, 5) is 33.7. The zero-order valence-electron chi connectivity index (χ0n) is 20.0. The summed E-state index contributed by atoms with van der Waals surface area (Å²) in [5.41, 5.74) is -0.380. The first-order valence-electron chi connectivity index (χ1n) is 10.8. The van der Waals surface area contributed by atoms with E-state index in [4.69, 9.17) is 14.2 Å². The summed E-state index contributed by atoms with van der Waals surface area (Å²) < 4.78 is 17.0. The van der Waals surface area contributed by atoms with E-state index in [2.05, 4.69) is 5.32 Å². The Kier molecular flexibility index (Phi) is 9.17. The number of non-ortho nitro benzene ring substituents is 1. The fourth-order valence-electron chi connectivity index (χ4n) is 3.22. The van der Waals surface area contributed by atoms with Gasteiger partial charge >= 0.3 is 5.69 Å². The molecule has 0 bridgehead atoms. The maximum atomic E-state index is 12.7. The summed E-state index contributed by atoms with van der Waals surface area (Å²) in [6.45, 7) is 2.29. The molecule has 12 nitrogen and oxygen atoms in total. The average Bonchev–Trinajstić information content (AvgIpc) is 2.88. The van der Waals surface area contributed by atoms with Crippen molar-refractivity contribution in [2.75, 3.05) is 19.0 Å². The number of nitrogens with one attached hydrogen (secondary N) is 1. The Hall–Kier alpha value is -4.71. The van der Waals surface area contributed by atoms with E-state index in [1.54, 1.807) is 30.3 Å². The molecule has 3 aromatic rings. The first-order chi connectivity index (χ1) is 18.2. The maximum Gasteiger partial charge on any atom is 0.318 e. The third kappa shape index (κ3) is 6.73. The van der Waals surface area contributed by atoms with Gasteiger partial charge in [0.25, 0.3) is 11.6 Å². The molecule has 0 aliphatic carbocycles. The van der Waals surface area contributed by atoms with Gasteiger partial charge in [0.15, 0.2) is 11.5 Å². The molecule has 0 saturated heterocycles. The van der Waals surface area contributed by atoms with Crippen LogP contribution in [0.1, 0.15) is 12.5 Å². The Morgan fingerprint density at radius 3 is 2.50 bits per heavy atom. The molecule has 38 heavy (non-hydrogen) atoms. The number of carbonyl (C=O) groups is 1. The summed E-state index contributed by atoms with van der Waals surface area (Å²) >= 11 is 1.90. The van der Waals surface area contributed by atoms with Crippen LogP contribution < -0.4 is 19.5 Å². The van der Waals surface area contributed by atoms with Gasteiger partial charge in [-0.3, -0.25) is 25.0 Å². The second-order valence-corrected chi connectivity index (χ2v) is 8.55. The molecule has 0 spiro atoms. The van der Waals surface area contributed by atoms with Gasteiger partial charge in [0.1, 0.15) is 17.4 Å². The monoisotopic (exact) mass is 630 g/mol. The molecule has 0 fully saturated rings. The highest BCUT2D eigenvalue weighted by Crippen LogP contribution is 2.41. The number of ether oxygens (including phenoxy) is 3. The van der Waals surface area contributed by atoms with Gasteiger partial charge in [0.05, 0.1) is 33.2 Å². The highest BCUT2D eigenvalue weighted by molar-refractivity contribution is 14.1. The lowest BCUT2D eigenvalue weighted by atomic mass is 10.1. The molecule has 0 radical (unpaired) electrons. The number of anilines is 1. The van der Waals surface area contributed by atoms with Gasteiger partial charge in [-0.05, 0) is 71.5 Å². The average molecular weight is 630 g/mol. The number of nitriles is 1. The minimum Gasteiger partial charge on any atom is -0.494 e. The van der Waals surface area contributed by atoms with Crippen LogP contribution in [0.25, 0.3) is 6.08 Å². The minimum atomic E-state index is -0.791. The normalized spacial score (nSPS) is 10.7. The summed E-state index contributed by atoms with van der Waals surface area (Å²) in [5, 5.41) is 34.7. The molecule has 0 aliphatic rings. The van der Waals surface area contributed by atoms with Gasteiger partial charge < -0.3 is 19.5 Å². The topological polar surface area (TPSA) is 167 Å². The maximum absolute atomic E-state index is 12.7. The number of nitrogens with zero attached hydrogens (tertiary/aromatic N) is 3. The number of benzene rings is 3. The molecule has 194 valence electrons. The second-order valence-electron chi connectivity index (χ2n) is 7.39. The second kappa shape index (κ2) is 12.5. The van der Waals surface area contributed by atoms with E-state index in [9.17, 15) is 30.3 Å². The smallest absolute Gasteiger partial charge is 0.318 e. The Bertz CT molecular complexity index is 1480. The lowest BCUT2D eigenvalue weighted by Gasteiger charge is -2.13. The Morgan fingerprint density at radius 1 is 1.11 bits per heavy atom. The molecule has 0 atom stereocenters. The standard InChI is InChI=1S/C25H19IN4O8/c1-3-37-19-6-4-5-17(12-19)28-25(31)16(14-27)9-15-10-20(26)24(23(11-15)36-2)38-22-8-7-18(29(32)33)13-21(22)30(34)35/h4-13H,3H2,1-2H3,(H,28,31)/b16-9-. The molecular weight excluding hydrogens is 611 g/mol. The SMILES string of the molecule is CCOc1cccc(NC(=O)/C(C#N)=C\c2cc(I)c(Oc3ccc([N+](=O)[O-])cc3[N+](=O)[O-])c(OC)c2)c1. The molecule has 0 aromatic heterocycles. The van der Waals surface area contributed by atoms with Crippen molar-refractivity contribution in [2.45, 2.75) is 6.92 Å². The molecule has 1 amide bonds. The third-order valence-corrected chi connectivity index (χ3v) is 5.69. The van der Waals surface area contributed by atoms with Crippen LogP contribution in [0.5, 0.6) is 23.0 Å². The number of halogens is 1. The number of rotatable bonds is 10. The molecule has 13 heteroatoms. The van der Waals surface area contributed by atoms with E-state index >= 15 is 0 Å². The summed E-state index contributed by atoms with van der Waals surface area (Å²) in [6, 6.07) is 14.7. The van der Waals surface area contributed by atoms with E-state index in [-0.39, 0.29) is 22.8 Å². The molecule has 0 aliphatic heterocycles. The Balaban J connectivity index is 1.92.